The van der Waals surface area contributed by atoms with Crippen molar-refractivity contribution in [3.05, 3.63) is 47.5 Å². The van der Waals surface area contributed by atoms with Crippen LogP contribution < -0.4 is 21.7 Å². The molecule has 0 aliphatic carbocycles. The fourth-order valence-corrected chi connectivity index (χ4v) is 4.54. The molecule has 0 heterocycles. The molecule has 0 fully saturated rings. The molecule has 0 unspecified atom stereocenters. The molecular formula is C28H40N4O7S. The molecule has 2 aromatic rings. The monoisotopic (exact) mass is 576 g/mol. The Labute approximate surface area is 238 Å². The van der Waals surface area contributed by atoms with E-state index in [1.807, 2.05) is 13.8 Å². The highest BCUT2D eigenvalue weighted by molar-refractivity contribution is 8.13. The Bertz CT molecular complexity index is 1160. The number of nitrogens with two attached hydrogens (primary N) is 1. The zero-order valence-electron chi connectivity index (χ0n) is 23.0. The summed E-state index contributed by atoms with van der Waals surface area (Å²) in [5, 5.41) is 47.0. The predicted octanol–water partition coefficient (Wildman–Crippen LogP) is 1.65. The molecule has 0 aliphatic heterocycles. The number of carbonyl (C=O) groups excluding carboxylic acids is 3. The smallest absolute Gasteiger partial charge is 0.238 e. The number of hydrogen-bond donors (Lipinski definition) is 8. The highest BCUT2D eigenvalue weighted by Gasteiger charge is 2.26. The van der Waals surface area contributed by atoms with Crippen LogP contribution in [0.15, 0.2) is 36.4 Å². The van der Waals surface area contributed by atoms with Gasteiger partial charge in [0.1, 0.15) is 0 Å². The molecule has 0 spiro atoms. The van der Waals surface area contributed by atoms with E-state index in [-0.39, 0.29) is 58.8 Å². The van der Waals surface area contributed by atoms with Crippen molar-refractivity contribution in [1.82, 2.24) is 16.0 Å². The van der Waals surface area contributed by atoms with Crippen LogP contribution in [-0.2, 0) is 27.2 Å². The van der Waals surface area contributed by atoms with E-state index in [0.29, 0.717) is 36.9 Å². The van der Waals surface area contributed by atoms with Crippen molar-refractivity contribution in [2.75, 3.05) is 12.8 Å². The van der Waals surface area contributed by atoms with Gasteiger partial charge >= 0.3 is 0 Å². The van der Waals surface area contributed by atoms with Gasteiger partial charge in [0.2, 0.25) is 16.9 Å². The van der Waals surface area contributed by atoms with Crippen LogP contribution in [0.4, 0.5) is 0 Å². The number of benzene rings is 2. The number of carbonyl (C=O) groups is 3. The average molecular weight is 577 g/mol. The number of unbranched alkanes of at least 4 members (excludes halogenated alkanes) is 1. The van der Waals surface area contributed by atoms with Crippen LogP contribution in [0.1, 0.15) is 44.2 Å². The number of phenolic OH excluding ortho intramolecular Hbond substituents is 4. The largest absolute Gasteiger partial charge is 0.504 e. The van der Waals surface area contributed by atoms with Gasteiger partial charge in [-0.1, -0.05) is 37.7 Å². The van der Waals surface area contributed by atoms with Crippen LogP contribution in [0.2, 0.25) is 0 Å². The van der Waals surface area contributed by atoms with Crippen LogP contribution in [0.3, 0.4) is 0 Å². The molecule has 0 saturated carbocycles. The van der Waals surface area contributed by atoms with Gasteiger partial charge in [0.15, 0.2) is 23.0 Å². The molecule has 12 heteroatoms. The highest BCUT2D eigenvalue weighted by atomic mass is 32.2. The maximum atomic E-state index is 13.2. The van der Waals surface area contributed by atoms with Crippen LogP contribution in [0.5, 0.6) is 23.0 Å². The number of hydrogen-bond acceptors (Lipinski definition) is 10. The van der Waals surface area contributed by atoms with E-state index in [4.69, 9.17) is 5.73 Å². The summed E-state index contributed by atoms with van der Waals surface area (Å²) in [4.78, 5) is 38.1. The Morgan fingerprint density at radius 1 is 0.825 bits per heavy atom. The summed E-state index contributed by atoms with van der Waals surface area (Å²) < 4.78 is 0. The van der Waals surface area contributed by atoms with Crippen LogP contribution in [0.25, 0.3) is 0 Å². The number of amides is 2. The quantitative estimate of drug-likeness (QED) is 0.114. The fraction of sp³-hybridized carbons (Fsp3) is 0.464. The van der Waals surface area contributed by atoms with Crippen molar-refractivity contribution in [1.29, 1.82) is 0 Å². The van der Waals surface area contributed by atoms with Crippen molar-refractivity contribution in [2.45, 2.75) is 70.1 Å². The highest BCUT2D eigenvalue weighted by Crippen LogP contribution is 2.26. The fourth-order valence-electron chi connectivity index (χ4n) is 4.08. The van der Waals surface area contributed by atoms with Crippen molar-refractivity contribution < 1.29 is 34.8 Å². The Morgan fingerprint density at radius 2 is 1.40 bits per heavy atom. The van der Waals surface area contributed by atoms with E-state index < -0.39 is 18.1 Å². The average Bonchev–Trinajstić information content (AvgIpc) is 2.90. The van der Waals surface area contributed by atoms with Crippen LogP contribution in [-0.4, -0.2) is 74.3 Å². The second-order valence-corrected chi connectivity index (χ2v) is 10.7. The van der Waals surface area contributed by atoms with E-state index in [0.717, 1.165) is 11.8 Å². The van der Waals surface area contributed by atoms with E-state index in [9.17, 15) is 34.8 Å². The van der Waals surface area contributed by atoms with Crippen molar-refractivity contribution >= 4 is 28.7 Å². The lowest BCUT2D eigenvalue weighted by Crippen LogP contribution is -2.52. The molecule has 9 N–H and O–H groups in total. The second-order valence-electron chi connectivity index (χ2n) is 9.91. The molecule has 2 amide bonds. The Balaban J connectivity index is 1.87. The molecule has 0 saturated heterocycles. The van der Waals surface area contributed by atoms with Gasteiger partial charge < -0.3 is 42.1 Å². The van der Waals surface area contributed by atoms with Crippen molar-refractivity contribution in [3.63, 3.8) is 0 Å². The van der Waals surface area contributed by atoms with Gasteiger partial charge in [-0.05, 0) is 73.8 Å². The van der Waals surface area contributed by atoms with E-state index in [1.165, 1.54) is 24.3 Å². The van der Waals surface area contributed by atoms with Gasteiger partial charge in [0.05, 0.1) is 18.1 Å². The van der Waals surface area contributed by atoms with Gasteiger partial charge in [-0.15, -0.1) is 0 Å². The summed E-state index contributed by atoms with van der Waals surface area (Å²) >= 11 is 1.03. The number of rotatable bonds is 15. The first-order chi connectivity index (χ1) is 18.9. The zero-order chi connectivity index (χ0) is 29.8. The molecular weight excluding hydrogens is 536 g/mol. The molecule has 0 bridgehead atoms. The van der Waals surface area contributed by atoms with Crippen molar-refractivity contribution in [3.8, 4) is 23.0 Å². The molecule has 2 rings (SSSR count). The van der Waals surface area contributed by atoms with Gasteiger partial charge in [-0.25, -0.2) is 0 Å². The second kappa shape index (κ2) is 15.9. The predicted molar refractivity (Wildman–Crippen MR) is 154 cm³/mol. The number of aromatic hydroxyl groups is 4. The molecule has 0 aromatic heterocycles. The SMILES string of the molecule is CSC(=O)[C@H](CCCCNC(=O)[C@@H](N)Cc1ccc(O)c(O)c1)NC(=O)[C@H](Cc1ccc(O)c(O)c1)NC(C)C. The van der Waals surface area contributed by atoms with Gasteiger partial charge in [0, 0.05) is 12.6 Å². The molecule has 0 aliphatic rings. The first-order valence-electron chi connectivity index (χ1n) is 13.1. The summed E-state index contributed by atoms with van der Waals surface area (Å²) in [6.45, 7) is 4.13. The maximum Gasteiger partial charge on any atom is 0.238 e. The molecule has 220 valence electrons. The van der Waals surface area contributed by atoms with Crippen molar-refractivity contribution in [2.24, 2.45) is 5.73 Å². The molecule has 11 nitrogen and oxygen atoms in total. The van der Waals surface area contributed by atoms with Crippen LogP contribution in [0, 0.1) is 0 Å². The normalized spacial score (nSPS) is 13.4. The van der Waals surface area contributed by atoms with Crippen LogP contribution >= 0.6 is 11.8 Å². The van der Waals surface area contributed by atoms with Gasteiger partial charge in [-0.3, -0.25) is 14.4 Å². The Hall–Kier alpha value is -3.48. The summed E-state index contributed by atoms with van der Waals surface area (Å²) in [7, 11) is 0. The first kappa shape index (κ1) is 32.7. The molecule has 0 radical (unpaired) electrons. The standard InChI is InChI=1S/C28H40N4O7S/c1-16(2)31-21(13-18-8-10-23(34)25(36)15-18)27(38)32-20(28(39)40-3)6-4-5-11-30-26(37)19(29)12-17-7-9-22(33)24(35)14-17/h7-10,14-16,19-21,31,33-36H,4-6,11-13,29H2,1-3H3,(H,30,37)(H,32,38)/t19-,20-,21-/m0/s1. The Morgan fingerprint density at radius 3 is 1.93 bits per heavy atom. The third-order valence-electron chi connectivity index (χ3n) is 6.18. The minimum absolute atomic E-state index is 0.0223. The van der Waals surface area contributed by atoms with E-state index in [1.54, 1.807) is 18.4 Å². The molecule has 2 aromatic carbocycles. The first-order valence-corrected chi connectivity index (χ1v) is 14.3. The summed E-state index contributed by atoms with van der Waals surface area (Å²) in [5.41, 5.74) is 7.22. The van der Waals surface area contributed by atoms with Gasteiger partial charge in [0.25, 0.3) is 0 Å². The third-order valence-corrected chi connectivity index (χ3v) is 6.87. The summed E-state index contributed by atoms with van der Waals surface area (Å²) in [6, 6.07) is 6.40. The summed E-state index contributed by atoms with van der Waals surface area (Å²) in [6.07, 6.45) is 3.59. The minimum Gasteiger partial charge on any atom is -0.504 e. The number of thioether (sulfide) groups is 1. The number of nitrogens with one attached hydrogen (secondary N) is 3. The Kier molecular flexibility index (Phi) is 13.0. The third kappa shape index (κ3) is 10.6. The number of phenols is 4. The minimum atomic E-state index is -0.838. The molecule has 3 atom stereocenters. The topological polar surface area (TPSA) is 194 Å². The summed E-state index contributed by atoms with van der Waals surface area (Å²) in [5.74, 6) is -1.76. The lowest BCUT2D eigenvalue weighted by molar-refractivity contribution is -0.126. The lowest BCUT2D eigenvalue weighted by atomic mass is 10.0. The molecule has 40 heavy (non-hydrogen) atoms. The van der Waals surface area contributed by atoms with E-state index in [2.05, 4.69) is 16.0 Å². The zero-order valence-corrected chi connectivity index (χ0v) is 23.8. The lowest BCUT2D eigenvalue weighted by Gasteiger charge is -2.24. The maximum absolute atomic E-state index is 13.2. The van der Waals surface area contributed by atoms with Gasteiger partial charge in [-0.2, -0.15) is 0 Å². The van der Waals surface area contributed by atoms with E-state index >= 15 is 0 Å².